The van der Waals surface area contributed by atoms with Crippen LogP contribution in [-0.4, -0.2) is 54.3 Å². The lowest BCUT2D eigenvalue weighted by atomic mass is 10.2. The maximum Gasteiger partial charge on any atom is 0.238 e. The average molecular weight is 324 g/mol. The highest BCUT2D eigenvalue weighted by molar-refractivity contribution is 6.33. The van der Waals surface area contributed by atoms with Crippen molar-refractivity contribution in [1.82, 2.24) is 9.80 Å². The van der Waals surface area contributed by atoms with E-state index < -0.39 is 0 Å². The van der Waals surface area contributed by atoms with Crippen LogP contribution in [0.2, 0.25) is 5.02 Å². The van der Waals surface area contributed by atoms with Crippen molar-refractivity contribution in [3.63, 3.8) is 0 Å². The Bertz CT molecular complexity index is 528. The number of hydrogen-bond donors (Lipinski definition) is 1. The van der Waals surface area contributed by atoms with Crippen LogP contribution in [0, 0.1) is 0 Å². The minimum absolute atomic E-state index is 0.0820. The molecule has 6 heteroatoms. The monoisotopic (exact) mass is 323 g/mol. The number of anilines is 1. The smallest absolute Gasteiger partial charge is 0.238 e. The first-order chi connectivity index (χ1) is 10.6. The van der Waals surface area contributed by atoms with E-state index in [1.54, 1.807) is 12.1 Å². The van der Waals surface area contributed by atoms with Crippen LogP contribution in [0.3, 0.4) is 0 Å². The van der Waals surface area contributed by atoms with E-state index in [9.17, 15) is 9.59 Å². The van der Waals surface area contributed by atoms with Crippen LogP contribution in [0.15, 0.2) is 24.3 Å². The molecule has 5 nitrogen and oxygen atoms in total. The zero-order chi connectivity index (χ0) is 15.9. The first-order valence-electron chi connectivity index (χ1n) is 7.64. The summed E-state index contributed by atoms with van der Waals surface area (Å²) < 4.78 is 0. The van der Waals surface area contributed by atoms with Crippen LogP contribution in [0.25, 0.3) is 0 Å². The highest BCUT2D eigenvalue weighted by Gasteiger charge is 2.21. The quantitative estimate of drug-likeness (QED) is 0.904. The largest absolute Gasteiger partial charge is 0.340 e. The summed E-state index contributed by atoms with van der Waals surface area (Å²) in [7, 11) is 0. The highest BCUT2D eigenvalue weighted by Crippen LogP contribution is 2.20. The second kappa shape index (κ2) is 8.15. The van der Waals surface area contributed by atoms with Crippen molar-refractivity contribution in [2.24, 2.45) is 0 Å². The number of carbonyl (C=O) groups is 2. The molecule has 0 aromatic heterocycles. The van der Waals surface area contributed by atoms with E-state index in [1.807, 2.05) is 24.0 Å². The summed E-state index contributed by atoms with van der Waals surface area (Å²) in [5, 5.41) is 3.35. The van der Waals surface area contributed by atoms with Gasteiger partial charge in [0.05, 0.1) is 17.3 Å². The number of nitrogens with zero attached hydrogens (tertiary/aromatic N) is 2. The molecule has 22 heavy (non-hydrogen) atoms. The number of nitrogens with one attached hydrogen (secondary N) is 1. The van der Waals surface area contributed by atoms with E-state index >= 15 is 0 Å². The third-order valence-corrected chi connectivity index (χ3v) is 4.03. The molecule has 0 atom stereocenters. The van der Waals surface area contributed by atoms with Crippen molar-refractivity contribution in [2.45, 2.75) is 19.8 Å². The van der Waals surface area contributed by atoms with Gasteiger partial charge < -0.3 is 10.2 Å². The molecule has 2 amide bonds. The molecule has 0 aliphatic carbocycles. The SMILES string of the molecule is CCCC(=O)N1CCN(CC(=O)Nc2ccccc2Cl)CC1. The molecular formula is C16H22ClN3O2. The molecule has 1 aromatic carbocycles. The van der Waals surface area contributed by atoms with Gasteiger partial charge >= 0.3 is 0 Å². The maximum absolute atomic E-state index is 12.1. The van der Waals surface area contributed by atoms with Crippen molar-refractivity contribution in [2.75, 3.05) is 38.0 Å². The van der Waals surface area contributed by atoms with Crippen LogP contribution in [0.1, 0.15) is 19.8 Å². The number of carbonyl (C=O) groups excluding carboxylic acids is 2. The number of piperazine rings is 1. The van der Waals surface area contributed by atoms with Crippen molar-refractivity contribution >= 4 is 29.1 Å². The predicted molar refractivity (Wildman–Crippen MR) is 88.0 cm³/mol. The Morgan fingerprint density at radius 3 is 2.50 bits per heavy atom. The van der Waals surface area contributed by atoms with Crippen molar-refractivity contribution in [1.29, 1.82) is 0 Å². The highest BCUT2D eigenvalue weighted by atomic mass is 35.5. The molecule has 0 radical (unpaired) electrons. The van der Waals surface area contributed by atoms with Crippen LogP contribution in [0.5, 0.6) is 0 Å². The Morgan fingerprint density at radius 2 is 1.86 bits per heavy atom. The number of halogens is 1. The average Bonchev–Trinajstić information content (AvgIpc) is 2.50. The van der Waals surface area contributed by atoms with Crippen molar-refractivity contribution in [3.05, 3.63) is 29.3 Å². The fourth-order valence-electron chi connectivity index (χ4n) is 2.48. The molecule has 1 N–H and O–H groups in total. The van der Waals surface area contributed by atoms with Gasteiger partial charge in [-0.3, -0.25) is 14.5 Å². The minimum atomic E-state index is -0.0820. The molecule has 1 aliphatic rings. The fourth-order valence-corrected chi connectivity index (χ4v) is 2.67. The Balaban J connectivity index is 1.77. The Kier molecular flexibility index (Phi) is 6.21. The van der Waals surface area contributed by atoms with Gasteiger partial charge in [-0.05, 0) is 18.6 Å². The standard InChI is InChI=1S/C16H22ClN3O2/c1-2-5-16(22)20-10-8-19(9-11-20)12-15(21)18-14-7-4-3-6-13(14)17/h3-4,6-7H,2,5,8-12H2,1H3,(H,18,21). The number of amides is 2. The Morgan fingerprint density at radius 1 is 1.18 bits per heavy atom. The second-order valence-corrected chi connectivity index (χ2v) is 5.84. The number of rotatable bonds is 5. The van der Waals surface area contributed by atoms with Crippen LogP contribution < -0.4 is 5.32 Å². The summed E-state index contributed by atoms with van der Waals surface area (Å²) in [5.41, 5.74) is 0.630. The molecule has 0 spiro atoms. The topological polar surface area (TPSA) is 52.7 Å². The molecule has 0 unspecified atom stereocenters. The zero-order valence-corrected chi connectivity index (χ0v) is 13.6. The lowest BCUT2D eigenvalue weighted by Gasteiger charge is -2.34. The van der Waals surface area contributed by atoms with Crippen LogP contribution in [0.4, 0.5) is 5.69 Å². The van der Waals surface area contributed by atoms with Crippen LogP contribution >= 0.6 is 11.6 Å². The van der Waals surface area contributed by atoms with Crippen molar-refractivity contribution < 1.29 is 9.59 Å². The fraction of sp³-hybridized carbons (Fsp3) is 0.500. The maximum atomic E-state index is 12.1. The summed E-state index contributed by atoms with van der Waals surface area (Å²) in [6.45, 7) is 5.17. The van der Waals surface area contributed by atoms with Gasteiger partial charge in [0.2, 0.25) is 11.8 Å². The molecule has 1 heterocycles. The minimum Gasteiger partial charge on any atom is -0.340 e. The van der Waals surface area contributed by atoms with Gasteiger partial charge in [-0.2, -0.15) is 0 Å². The molecule has 120 valence electrons. The molecular weight excluding hydrogens is 302 g/mol. The van der Waals surface area contributed by atoms with E-state index in [0.29, 0.717) is 36.8 Å². The lowest BCUT2D eigenvalue weighted by molar-refractivity contribution is -0.133. The normalized spacial score (nSPS) is 15.6. The van der Waals surface area contributed by atoms with Crippen LogP contribution in [-0.2, 0) is 9.59 Å². The van der Waals surface area contributed by atoms with Gasteiger partial charge in [0.1, 0.15) is 0 Å². The molecule has 1 saturated heterocycles. The first kappa shape index (κ1) is 16.8. The Labute approximate surface area is 136 Å². The van der Waals surface area contributed by atoms with Crippen molar-refractivity contribution in [3.8, 4) is 0 Å². The van der Waals surface area contributed by atoms with Gasteiger partial charge in [-0.25, -0.2) is 0 Å². The predicted octanol–water partition coefficient (Wildman–Crippen LogP) is 2.22. The molecule has 0 bridgehead atoms. The summed E-state index contributed by atoms with van der Waals surface area (Å²) in [4.78, 5) is 27.8. The first-order valence-corrected chi connectivity index (χ1v) is 8.02. The summed E-state index contributed by atoms with van der Waals surface area (Å²) in [6.07, 6.45) is 1.48. The van der Waals surface area contributed by atoms with Gasteiger partial charge in [0.25, 0.3) is 0 Å². The summed E-state index contributed by atoms with van der Waals surface area (Å²) in [5.74, 6) is 0.129. The van der Waals surface area contributed by atoms with Gasteiger partial charge in [-0.15, -0.1) is 0 Å². The molecule has 1 aromatic rings. The molecule has 2 rings (SSSR count). The molecule has 1 aliphatic heterocycles. The Hall–Kier alpha value is -1.59. The van der Waals surface area contributed by atoms with E-state index in [-0.39, 0.29) is 11.8 Å². The van der Waals surface area contributed by atoms with E-state index in [2.05, 4.69) is 10.2 Å². The number of para-hydroxylation sites is 1. The summed E-state index contributed by atoms with van der Waals surface area (Å²) >= 11 is 6.02. The number of benzene rings is 1. The summed E-state index contributed by atoms with van der Waals surface area (Å²) in [6, 6.07) is 7.18. The van der Waals surface area contributed by atoms with Gasteiger partial charge in [0.15, 0.2) is 0 Å². The lowest BCUT2D eigenvalue weighted by Crippen LogP contribution is -2.50. The zero-order valence-electron chi connectivity index (χ0n) is 12.8. The van der Waals surface area contributed by atoms with E-state index in [4.69, 9.17) is 11.6 Å². The number of hydrogen-bond acceptors (Lipinski definition) is 3. The van der Waals surface area contributed by atoms with Gasteiger partial charge in [0, 0.05) is 32.6 Å². The third kappa shape index (κ3) is 4.71. The van der Waals surface area contributed by atoms with E-state index in [1.165, 1.54) is 0 Å². The van der Waals surface area contributed by atoms with Gasteiger partial charge in [-0.1, -0.05) is 30.7 Å². The third-order valence-electron chi connectivity index (χ3n) is 3.70. The second-order valence-electron chi connectivity index (χ2n) is 5.43. The molecule has 0 saturated carbocycles. The molecule has 1 fully saturated rings. The van der Waals surface area contributed by atoms with E-state index in [0.717, 1.165) is 19.5 Å².